The fourth-order valence-electron chi connectivity index (χ4n) is 2.91. The topological polar surface area (TPSA) is 81.1 Å². The van der Waals surface area contributed by atoms with Gasteiger partial charge >= 0.3 is 5.97 Å². The van der Waals surface area contributed by atoms with Crippen molar-refractivity contribution in [2.75, 3.05) is 5.73 Å². The summed E-state index contributed by atoms with van der Waals surface area (Å²) in [4.78, 5) is 11.4. The van der Waals surface area contributed by atoms with Crippen molar-refractivity contribution in [1.29, 1.82) is 0 Å². The van der Waals surface area contributed by atoms with E-state index in [1.165, 1.54) is 0 Å². The van der Waals surface area contributed by atoms with E-state index in [1.54, 1.807) is 4.68 Å². The van der Waals surface area contributed by atoms with Crippen LogP contribution in [0.1, 0.15) is 42.2 Å². The quantitative estimate of drug-likeness (QED) is 0.899. The molecule has 0 amide bonds. The third kappa shape index (κ3) is 2.05. The van der Waals surface area contributed by atoms with Crippen molar-refractivity contribution >= 4 is 11.8 Å². The minimum Gasteiger partial charge on any atom is -0.476 e. The molecule has 0 atom stereocenters. The molecule has 3 N–H and O–H groups in total. The van der Waals surface area contributed by atoms with Gasteiger partial charge in [-0.3, -0.25) is 0 Å². The van der Waals surface area contributed by atoms with Crippen LogP contribution in [0.2, 0.25) is 0 Å². The lowest BCUT2D eigenvalue weighted by Crippen LogP contribution is -2.10. The normalized spacial score (nSPS) is 15.6. The first-order valence-corrected chi connectivity index (χ1v) is 6.85. The highest BCUT2D eigenvalue weighted by atomic mass is 16.4. The van der Waals surface area contributed by atoms with E-state index in [0.717, 1.165) is 31.2 Å². The minimum atomic E-state index is -1.03. The number of benzene rings is 1. The van der Waals surface area contributed by atoms with Gasteiger partial charge < -0.3 is 10.8 Å². The van der Waals surface area contributed by atoms with Crippen molar-refractivity contribution in [1.82, 2.24) is 9.78 Å². The molecule has 5 nitrogen and oxygen atoms in total. The Balaban J connectivity index is 2.14. The molecule has 0 spiro atoms. The SMILES string of the molecule is Nc1c(-c2ccccc2)c(C(=O)O)nn1C1CCCC1. The number of aromatic carboxylic acids is 1. The number of nitrogen functional groups attached to an aromatic ring is 1. The molecular formula is C15H17N3O2. The number of carboxylic acids is 1. The molecular weight excluding hydrogens is 254 g/mol. The Morgan fingerprint density at radius 3 is 2.50 bits per heavy atom. The molecule has 20 heavy (non-hydrogen) atoms. The summed E-state index contributed by atoms with van der Waals surface area (Å²) in [6, 6.07) is 9.57. The second-order valence-electron chi connectivity index (χ2n) is 5.16. The van der Waals surface area contributed by atoms with Crippen molar-refractivity contribution < 1.29 is 9.90 Å². The minimum absolute atomic E-state index is 0.0422. The highest BCUT2D eigenvalue weighted by molar-refractivity contribution is 5.97. The molecule has 1 fully saturated rings. The molecule has 0 unspecified atom stereocenters. The predicted molar refractivity (Wildman–Crippen MR) is 76.5 cm³/mol. The fourth-order valence-corrected chi connectivity index (χ4v) is 2.91. The molecule has 1 aliphatic carbocycles. The van der Waals surface area contributed by atoms with E-state index in [2.05, 4.69) is 5.10 Å². The predicted octanol–water partition coefficient (Wildman–Crippen LogP) is 2.95. The Morgan fingerprint density at radius 2 is 1.90 bits per heavy atom. The van der Waals surface area contributed by atoms with E-state index in [4.69, 9.17) is 5.73 Å². The van der Waals surface area contributed by atoms with Crippen LogP contribution in [0.3, 0.4) is 0 Å². The van der Waals surface area contributed by atoms with E-state index in [9.17, 15) is 9.90 Å². The zero-order chi connectivity index (χ0) is 14.1. The van der Waals surface area contributed by atoms with Crippen molar-refractivity contribution in [3.05, 3.63) is 36.0 Å². The largest absolute Gasteiger partial charge is 0.476 e. The zero-order valence-electron chi connectivity index (χ0n) is 11.1. The van der Waals surface area contributed by atoms with E-state index in [-0.39, 0.29) is 11.7 Å². The summed E-state index contributed by atoms with van der Waals surface area (Å²) in [6.45, 7) is 0. The Morgan fingerprint density at radius 1 is 1.25 bits per heavy atom. The first-order chi connectivity index (χ1) is 9.68. The van der Waals surface area contributed by atoms with Crippen LogP contribution in [0.15, 0.2) is 30.3 Å². The second kappa shape index (κ2) is 5.00. The summed E-state index contributed by atoms with van der Waals surface area (Å²) >= 11 is 0. The number of hydrogen-bond donors (Lipinski definition) is 2. The zero-order valence-corrected chi connectivity index (χ0v) is 11.1. The molecule has 2 aromatic rings. The lowest BCUT2D eigenvalue weighted by molar-refractivity contribution is 0.0690. The van der Waals surface area contributed by atoms with Crippen LogP contribution < -0.4 is 5.73 Å². The van der Waals surface area contributed by atoms with Gasteiger partial charge in [0, 0.05) is 0 Å². The van der Waals surface area contributed by atoms with Crippen LogP contribution in [0, 0.1) is 0 Å². The van der Waals surface area contributed by atoms with Crippen molar-refractivity contribution in [2.24, 2.45) is 0 Å². The standard InChI is InChI=1S/C15H17N3O2/c16-14-12(10-6-2-1-3-7-10)13(15(19)20)17-18(14)11-8-4-5-9-11/h1-3,6-7,11H,4-5,8-9,16H2,(H,19,20). The molecule has 0 bridgehead atoms. The number of nitrogens with zero attached hydrogens (tertiary/aromatic N) is 2. The maximum atomic E-state index is 11.4. The molecule has 1 aromatic carbocycles. The number of anilines is 1. The summed E-state index contributed by atoms with van der Waals surface area (Å²) in [5, 5.41) is 13.6. The van der Waals surface area contributed by atoms with Crippen LogP contribution >= 0.6 is 0 Å². The summed E-state index contributed by atoms with van der Waals surface area (Å²) in [5.74, 6) is -0.576. The van der Waals surface area contributed by atoms with Crippen molar-refractivity contribution in [3.8, 4) is 11.1 Å². The number of aromatic nitrogens is 2. The third-order valence-corrected chi connectivity index (χ3v) is 3.88. The monoisotopic (exact) mass is 271 g/mol. The van der Waals surface area contributed by atoms with Gasteiger partial charge in [0.05, 0.1) is 11.6 Å². The number of carbonyl (C=O) groups is 1. The molecule has 104 valence electrons. The molecule has 1 saturated carbocycles. The van der Waals surface area contributed by atoms with E-state index in [0.29, 0.717) is 11.4 Å². The lowest BCUT2D eigenvalue weighted by atomic mass is 10.1. The molecule has 3 rings (SSSR count). The molecule has 1 heterocycles. The highest BCUT2D eigenvalue weighted by Gasteiger charge is 2.27. The lowest BCUT2D eigenvalue weighted by Gasteiger charge is -2.11. The Bertz CT molecular complexity index is 628. The molecule has 5 heteroatoms. The number of nitrogens with two attached hydrogens (primary N) is 1. The number of rotatable bonds is 3. The summed E-state index contributed by atoms with van der Waals surface area (Å²) < 4.78 is 1.71. The Labute approximate surface area is 117 Å². The van der Waals surface area contributed by atoms with Crippen molar-refractivity contribution in [2.45, 2.75) is 31.7 Å². The third-order valence-electron chi connectivity index (χ3n) is 3.88. The number of hydrogen-bond acceptors (Lipinski definition) is 3. The van der Waals surface area contributed by atoms with E-state index < -0.39 is 5.97 Å². The van der Waals surface area contributed by atoms with Crippen LogP contribution in [-0.2, 0) is 0 Å². The van der Waals surface area contributed by atoms with Gasteiger partial charge in [0.15, 0.2) is 5.69 Å². The summed E-state index contributed by atoms with van der Waals surface area (Å²) in [6.07, 6.45) is 4.32. The first kappa shape index (κ1) is 12.7. The molecule has 1 aliphatic rings. The molecule has 1 aromatic heterocycles. The van der Waals surface area contributed by atoms with Crippen LogP contribution in [0.25, 0.3) is 11.1 Å². The first-order valence-electron chi connectivity index (χ1n) is 6.85. The average molecular weight is 271 g/mol. The van der Waals surface area contributed by atoms with E-state index in [1.807, 2.05) is 30.3 Å². The Hall–Kier alpha value is -2.30. The molecule has 0 aliphatic heterocycles. The van der Waals surface area contributed by atoms with Gasteiger partial charge in [0.2, 0.25) is 0 Å². The summed E-state index contributed by atoms with van der Waals surface area (Å²) in [5.41, 5.74) is 7.56. The fraction of sp³-hybridized carbons (Fsp3) is 0.333. The second-order valence-corrected chi connectivity index (χ2v) is 5.16. The van der Waals surface area contributed by atoms with E-state index >= 15 is 0 Å². The van der Waals surface area contributed by atoms with Crippen molar-refractivity contribution in [3.63, 3.8) is 0 Å². The summed E-state index contributed by atoms with van der Waals surface area (Å²) in [7, 11) is 0. The number of carboxylic acid groups (broad SMARTS) is 1. The highest BCUT2D eigenvalue weighted by Crippen LogP contribution is 2.36. The van der Waals surface area contributed by atoms with Gasteiger partial charge in [-0.2, -0.15) is 5.10 Å². The average Bonchev–Trinajstić information content (AvgIpc) is 3.07. The van der Waals surface area contributed by atoms with Gasteiger partial charge in [0.25, 0.3) is 0 Å². The van der Waals surface area contributed by atoms with Gasteiger partial charge in [-0.05, 0) is 18.4 Å². The van der Waals surface area contributed by atoms with Gasteiger partial charge in [0.1, 0.15) is 5.82 Å². The van der Waals surface area contributed by atoms with Gasteiger partial charge in [-0.1, -0.05) is 43.2 Å². The van der Waals surface area contributed by atoms with Crippen LogP contribution in [0.5, 0.6) is 0 Å². The Kier molecular flexibility index (Phi) is 3.18. The van der Waals surface area contributed by atoms with Gasteiger partial charge in [-0.15, -0.1) is 0 Å². The molecule has 0 radical (unpaired) electrons. The smallest absolute Gasteiger partial charge is 0.357 e. The van der Waals surface area contributed by atoms with Crippen LogP contribution in [-0.4, -0.2) is 20.9 Å². The van der Waals surface area contributed by atoms with Gasteiger partial charge in [-0.25, -0.2) is 9.48 Å². The molecule has 0 saturated heterocycles. The maximum Gasteiger partial charge on any atom is 0.357 e. The van der Waals surface area contributed by atoms with Crippen LogP contribution in [0.4, 0.5) is 5.82 Å². The maximum absolute atomic E-state index is 11.4.